The maximum atomic E-state index is 12.4. The summed E-state index contributed by atoms with van der Waals surface area (Å²) < 4.78 is 7.57. The molecule has 0 unspecified atom stereocenters. The Hall–Kier alpha value is -2.37. The number of carbonyl (C=O) groups excluding carboxylic acids is 1. The normalized spacial score (nSPS) is 18.3. The van der Waals surface area contributed by atoms with Gasteiger partial charge in [-0.3, -0.25) is 4.79 Å². The van der Waals surface area contributed by atoms with Crippen molar-refractivity contribution >= 4 is 5.91 Å². The summed E-state index contributed by atoms with van der Waals surface area (Å²) in [6.07, 6.45) is 10.4. The van der Waals surface area contributed by atoms with Crippen LogP contribution in [0.15, 0.2) is 36.5 Å². The van der Waals surface area contributed by atoms with Crippen LogP contribution in [0.25, 0.3) is 0 Å². The van der Waals surface area contributed by atoms with Crippen molar-refractivity contribution in [3.63, 3.8) is 0 Å². The summed E-state index contributed by atoms with van der Waals surface area (Å²) in [5, 5.41) is 8.40. The van der Waals surface area contributed by atoms with E-state index in [0.29, 0.717) is 18.9 Å². The van der Waals surface area contributed by atoms with E-state index in [4.69, 9.17) is 4.74 Å². The molecule has 1 amide bonds. The number of hydrogen-bond donors (Lipinski definition) is 0. The fourth-order valence-electron chi connectivity index (χ4n) is 4.02. The third kappa shape index (κ3) is 4.67. The Morgan fingerprint density at radius 2 is 1.89 bits per heavy atom. The number of para-hydroxylation sites is 1. The van der Waals surface area contributed by atoms with Gasteiger partial charge in [-0.15, -0.1) is 5.10 Å². The summed E-state index contributed by atoms with van der Waals surface area (Å²) >= 11 is 0. The molecule has 0 atom stereocenters. The van der Waals surface area contributed by atoms with Crippen LogP contribution in [0.4, 0.5) is 0 Å². The van der Waals surface area contributed by atoms with Gasteiger partial charge in [0, 0.05) is 19.5 Å². The number of aromatic nitrogens is 3. The van der Waals surface area contributed by atoms with Crippen LogP contribution in [-0.2, 0) is 11.4 Å². The summed E-state index contributed by atoms with van der Waals surface area (Å²) in [5.41, 5.74) is 0.806. The Kier molecular flexibility index (Phi) is 5.70. The molecule has 0 spiro atoms. The highest BCUT2D eigenvalue weighted by molar-refractivity contribution is 5.77. The molecule has 4 rings (SSSR count). The third-order valence-electron chi connectivity index (χ3n) is 5.77. The lowest BCUT2D eigenvalue weighted by molar-refractivity contribution is -0.137. The molecule has 27 heavy (non-hydrogen) atoms. The van der Waals surface area contributed by atoms with Crippen molar-refractivity contribution in [2.45, 2.75) is 57.6 Å². The molecule has 1 saturated heterocycles. The van der Waals surface area contributed by atoms with Gasteiger partial charge >= 0.3 is 0 Å². The number of nitrogens with zero attached hydrogens (tertiary/aromatic N) is 4. The van der Waals surface area contributed by atoms with Crippen LogP contribution in [-0.4, -0.2) is 38.9 Å². The van der Waals surface area contributed by atoms with Gasteiger partial charge in [0.2, 0.25) is 5.91 Å². The molecule has 2 heterocycles. The summed E-state index contributed by atoms with van der Waals surface area (Å²) in [6, 6.07) is 9.94. The van der Waals surface area contributed by atoms with Crippen LogP contribution in [0.1, 0.15) is 56.7 Å². The average Bonchev–Trinajstić information content (AvgIpc) is 3.14. The Labute approximate surface area is 160 Å². The number of likely N-dealkylation sites (tertiary alicyclic amines) is 1. The molecule has 6 nitrogen and oxygen atoms in total. The van der Waals surface area contributed by atoms with Crippen LogP contribution in [0.5, 0.6) is 5.75 Å². The molecule has 1 aliphatic heterocycles. The second-order valence-corrected chi connectivity index (χ2v) is 7.79. The molecule has 0 N–H and O–H groups in total. The van der Waals surface area contributed by atoms with E-state index in [9.17, 15) is 4.79 Å². The second kappa shape index (κ2) is 8.55. The molecule has 2 aromatic rings. The van der Waals surface area contributed by atoms with Gasteiger partial charge in [-0.25, -0.2) is 4.68 Å². The third-order valence-corrected chi connectivity index (χ3v) is 5.77. The second-order valence-electron chi connectivity index (χ2n) is 7.79. The Morgan fingerprint density at radius 3 is 2.67 bits per heavy atom. The number of hydrogen-bond acceptors (Lipinski definition) is 4. The quantitative estimate of drug-likeness (QED) is 0.749. The van der Waals surface area contributed by atoms with Crippen molar-refractivity contribution in [2.24, 2.45) is 5.92 Å². The highest BCUT2D eigenvalue weighted by atomic mass is 16.5. The van der Waals surface area contributed by atoms with E-state index >= 15 is 0 Å². The zero-order chi connectivity index (χ0) is 18.5. The first-order valence-corrected chi connectivity index (χ1v) is 10.1. The summed E-state index contributed by atoms with van der Waals surface area (Å²) in [6.45, 7) is 1.89. The van der Waals surface area contributed by atoms with E-state index in [1.165, 1.54) is 32.1 Å². The van der Waals surface area contributed by atoms with E-state index in [-0.39, 0.29) is 6.04 Å². The van der Waals surface area contributed by atoms with Gasteiger partial charge in [0.1, 0.15) is 18.1 Å². The number of carbonyl (C=O) groups is 1. The molecular weight excluding hydrogens is 340 g/mol. The van der Waals surface area contributed by atoms with Crippen LogP contribution in [0.2, 0.25) is 0 Å². The minimum Gasteiger partial charge on any atom is -0.487 e. The van der Waals surface area contributed by atoms with E-state index in [2.05, 4.69) is 10.3 Å². The van der Waals surface area contributed by atoms with Crippen LogP contribution < -0.4 is 4.74 Å². The Bertz CT molecular complexity index is 734. The first-order chi connectivity index (χ1) is 13.3. The van der Waals surface area contributed by atoms with E-state index in [1.807, 2.05) is 46.1 Å². The van der Waals surface area contributed by atoms with E-state index in [1.54, 1.807) is 0 Å². The van der Waals surface area contributed by atoms with Gasteiger partial charge in [0.15, 0.2) is 0 Å². The zero-order valence-electron chi connectivity index (χ0n) is 15.8. The number of benzene rings is 1. The minimum atomic E-state index is 0.238. The van der Waals surface area contributed by atoms with Gasteiger partial charge in [0.05, 0.1) is 12.2 Å². The number of ether oxygens (including phenoxy) is 1. The maximum absolute atomic E-state index is 12.4. The molecule has 2 fully saturated rings. The lowest BCUT2D eigenvalue weighted by atomic mass is 9.86. The van der Waals surface area contributed by atoms with E-state index in [0.717, 1.165) is 36.9 Å². The first kappa shape index (κ1) is 18.0. The van der Waals surface area contributed by atoms with Gasteiger partial charge in [0.25, 0.3) is 0 Å². The minimum absolute atomic E-state index is 0.238. The molecule has 6 heteroatoms. The summed E-state index contributed by atoms with van der Waals surface area (Å²) in [5.74, 6) is 1.89. The molecule has 0 bridgehead atoms. The lowest BCUT2D eigenvalue weighted by Gasteiger charge is -2.39. The van der Waals surface area contributed by atoms with E-state index < -0.39 is 0 Å². The summed E-state index contributed by atoms with van der Waals surface area (Å²) in [4.78, 5) is 14.3. The molecule has 1 aromatic heterocycles. The van der Waals surface area contributed by atoms with Gasteiger partial charge in [-0.1, -0.05) is 55.5 Å². The summed E-state index contributed by atoms with van der Waals surface area (Å²) in [7, 11) is 0. The molecule has 2 aliphatic rings. The Balaban J connectivity index is 1.19. The lowest BCUT2D eigenvalue weighted by Crippen LogP contribution is -2.50. The van der Waals surface area contributed by atoms with Crippen LogP contribution in [0.3, 0.4) is 0 Å². The number of rotatable bonds is 7. The first-order valence-electron chi connectivity index (χ1n) is 10.1. The van der Waals surface area contributed by atoms with Gasteiger partial charge in [-0.05, 0) is 24.5 Å². The van der Waals surface area contributed by atoms with Crippen molar-refractivity contribution in [2.75, 3.05) is 13.1 Å². The molecule has 0 radical (unpaired) electrons. The van der Waals surface area contributed by atoms with Crippen molar-refractivity contribution < 1.29 is 9.53 Å². The monoisotopic (exact) mass is 368 g/mol. The fraction of sp³-hybridized carbons (Fsp3) is 0.571. The van der Waals surface area contributed by atoms with Crippen molar-refractivity contribution in [3.05, 3.63) is 42.2 Å². The van der Waals surface area contributed by atoms with Crippen LogP contribution in [0, 0.1) is 5.92 Å². The zero-order valence-corrected chi connectivity index (χ0v) is 15.8. The van der Waals surface area contributed by atoms with Gasteiger partial charge in [-0.2, -0.15) is 0 Å². The largest absolute Gasteiger partial charge is 0.487 e. The highest BCUT2D eigenvalue weighted by Gasteiger charge is 2.32. The molecule has 1 aromatic carbocycles. The van der Waals surface area contributed by atoms with Gasteiger partial charge < -0.3 is 9.64 Å². The molecule has 1 saturated carbocycles. The predicted octanol–water partition coefficient (Wildman–Crippen LogP) is 3.60. The highest BCUT2D eigenvalue weighted by Crippen LogP contribution is 2.28. The predicted molar refractivity (Wildman–Crippen MR) is 102 cm³/mol. The average molecular weight is 368 g/mol. The standard InChI is InChI=1S/C21H28N4O2/c26-21(12-11-17-7-3-1-4-8-17)24-14-19(15-24)25-13-18(22-23-25)16-27-20-9-5-2-6-10-20/h2,5-6,9-10,13,17,19H,1,3-4,7-8,11-12,14-16H2. The van der Waals surface area contributed by atoms with Crippen molar-refractivity contribution in [1.82, 2.24) is 19.9 Å². The maximum Gasteiger partial charge on any atom is 0.222 e. The molecular formula is C21H28N4O2. The topological polar surface area (TPSA) is 60.2 Å². The fourth-order valence-corrected chi connectivity index (χ4v) is 4.02. The Morgan fingerprint density at radius 1 is 1.11 bits per heavy atom. The SMILES string of the molecule is O=C(CCC1CCCCC1)N1CC(n2cc(COc3ccccc3)nn2)C1. The number of amides is 1. The molecule has 1 aliphatic carbocycles. The van der Waals surface area contributed by atoms with Crippen LogP contribution >= 0.6 is 0 Å². The van der Waals surface area contributed by atoms with Crippen molar-refractivity contribution in [3.8, 4) is 5.75 Å². The molecule has 144 valence electrons. The van der Waals surface area contributed by atoms with Crippen molar-refractivity contribution in [1.29, 1.82) is 0 Å². The smallest absolute Gasteiger partial charge is 0.222 e.